The Balaban J connectivity index is 4.16. The van der Waals surface area contributed by atoms with Crippen LogP contribution in [-0.4, -0.2) is 36.3 Å². The summed E-state index contributed by atoms with van der Waals surface area (Å²) in [4.78, 5) is 10.9. The number of ether oxygens (including phenoxy) is 1. The SMILES string of the molecule is COC(=O)N[C@@H](CC(C)C)[C@H](O)CCl. The number of rotatable bonds is 5. The molecule has 0 radical (unpaired) electrons. The molecule has 0 fully saturated rings. The van der Waals surface area contributed by atoms with Crippen LogP contribution in [0.4, 0.5) is 4.79 Å². The van der Waals surface area contributed by atoms with Crippen molar-refractivity contribution < 1.29 is 14.6 Å². The molecular weight excluding hydrogens is 206 g/mol. The third-order valence-electron chi connectivity index (χ3n) is 1.84. The average Bonchev–Trinajstić information content (AvgIpc) is 2.14. The number of hydrogen-bond acceptors (Lipinski definition) is 3. The Morgan fingerprint density at radius 2 is 2.14 bits per heavy atom. The molecule has 0 unspecified atom stereocenters. The van der Waals surface area contributed by atoms with Crippen molar-refractivity contribution in [1.82, 2.24) is 5.32 Å². The van der Waals surface area contributed by atoms with E-state index in [9.17, 15) is 9.90 Å². The van der Waals surface area contributed by atoms with E-state index in [1.54, 1.807) is 0 Å². The lowest BCUT2D eigenvalue weighted by Crippen LogP contribution is -2.44. The summed E-state index contributed by atoms with van der Waals surface area (Å²) in [5, 5.41) is 12.1. The van der Waals surface area contributed by atoms with Crippen LogP contribution in [0.15, 0.2) is 0 Å². The van der Waals surface area contributed by atoms with Crippen LogP contribution in [0.3, 0.4) is 0 Å². The fourth-order valence-electron chi connectivity index (χ4n) is 1.14. The molecule has 0 spiro atoms. The highest BCUT2D eigenvalue weighted by Crippen LogP contribution is 2.09. The van der Waals surface area contributed by atoms with Crippen molar-refractivity contribution in [1.29, 1.82) is 0 Å². The van der Waals surface area contributed by atoms with Gasteiger partial charge in [0.1, 0.15) is 0 Å². The van der Waals surface area contributed by atoms with E-state index in [1.807, 2.05) is 13.8 Å². The van der Waals surface area contributed by atoms with Gasteiger partial charge >= 0.3 is 6.09 Å². The highest BCUT2D eigenvalue weighted by molar-refractivity contribution is 6.18. The van der Waals surface area contributed by atoms with Crippen molar-refractivity contribution >= 4 is 17.7 Å². The summed E-state index contributed by atoms with van der Waals surface area (Å²) < 4.78 is 4.45. The largest absolute Gasteiger partial charge is 0.453 e. The molecule has 5 heteroatoms. The first-order chi connectivity index (χ1) is 6.51. The zero-order valence-corrected chi connectivity index (χ0v) is 9.54. The number of carbonyl (C=O) groups is 1. The van der Waals surface area contributed by atoms with Gasteiger partial charge in [0.25, 0.3) is 0 Å². The molecule has 0 saturated carbocycles. The summed E-state index contributed by atoms with van der Waals surface area (Å²) in [7, 11) is 1.29. The number of nitrogens with one attached hydrogen (secondary N) is 1. The van der Waals surface area contributed by atoms with Gasteiger partial charge in [-0.25, -0.2) is 4.79 Å². The van der Waals surface area contributed by atoms with Crippen LogP contribution in [0.25, 0.3) is 0 Å². The van der Waals surface area contributed by atoms with E-state index >= 15 is 0 Å². The molecular formula is C9H18ClNO3. The molecule has 0 aromatic heterocycles. The first kappa shape index (κ1) is 13.5. The maximum absolute atomic E-state index is 10.9. The van der Waals surface area contributed by atoms with Crippen molar-refractivity contribution in [2.24, 2.45) is 5.92 Å². The van der Waals surface area contributed by atoms with Gasteiger partial charge in [0.05, 0.1) is 25.1 Å². The third-order valence-corrected chi connectivity index (χ3v) is 2.15. The molecule has 0 aliphatic heterocycles. The summed E-state index contributed by atoms with van der Waals surface area (Å²) in [6.45, 7) is 4.01. The number of hydrogen-bond donors (Lipinski definition) is 2. The van der Waals surface area contributed by atoms with Gasteiger partial charge in [-0.15, -0.1) is 11.6 Å². The Kier molecular flexibility index (Phi) is 6.66. The van der Waals surface area contributed by atoms with E-state index in [4.69, 9.17) is 11.6 Å². The smallest absolute Gasteiger partial charge is 0.407 e. The average molecular weight is 224 g/mol. The van der Waals surface area contributed by atoms with Crippen LogP contribution in [0, 0.1) is 5.92 Å². The van der Waals surface area contributed by atoms with Crippen LogP contribution < -0.4 is 5.32 Å². The Hall–Kier alpha value is -0.480. The number of halogens is 1. The molecule has 2 N–H and O–H groups in total. The van der Waals surface area contributed by atoms with Crippen LogP contribution >= 0.6 is 11.6 Å². The number of aliphatic hydroxyl groups is 1. The number of carbonyl (C=O) groups excluding carboxylic acids is 1. The minimum atomic E-state index is -0.738. The first-order valence-corrected chi connectivity index (χ1v) is 5.13. The lowest BCUT2D eigenvalue weighted by Gasteiger charge is -2.23. The van der Waals surface area contributed by atoms with E-state index in [2.05, 4.69) is 10.1 Å². The van der Waals surface area contributed by atoms with E-state index < -0.39 is 12.2 Å². The van der Waals surface area contributed by atoms with Crippen molar-refractivity contribution in [3.8, 4) is 0 Å². The number of aliphatic hydroxyl groups excluding tert-OH is 1. The van der Waals surface area contributed by atoms with Crippen LogP contribution in [0.5, 0.6) is 0 Å². The van der Waals surface area contributed by atoms with E-state index in [1.165, 1.54) is 7.11 Å². The van der Waals surface area contributed by atoms with Crippen LogP contribution in [0.2, 0.25) is 0 Å². The maximum Gasteiger partial charge on any atom is 0.407 e. The molecule has 0 rings (SSSR count). The molecule has 0 saturated heterocycles. The molecule has 0 bridgehead atoms. The zero-order valence-electron chi connectivity index (χ0n) is 8.79. The third kappa shape index (κ3) is 5.29. The molecule has 0 aliphatic carbocycles. The standard InChI is InChI=1S/C9H18ClNO3/c1-6(2)4-7(8(12)5-10)11-9(13)14-3/h6-8,12H,4-5H2,1-3H3,(H,11,13)/t7-,8+/m0/s1. The quantitative estimate of drug-likeness (QED) is 0.692. The van der Waals surface area contributed by atoms with E-state index in [0.717, 1.165) is 0 Å². The lowest BCUT2D eigenvalue weighted by molar-refractivity contribution is 0.118. The summed E-state index contributed by atoms with van der Waals surface area (Å²) in [5.74, 6) is 0.469. The summed E-state index contributed by atoms with van der Waals surface area (Å²) in [6, 6.07) is -0.347. The van der Waals surface area contributed by atoms with Crippen molar-refractivity contribution in [3.05, 3.63) is 0 Å². The summed E-state index contributed by atoms with van der Waals surface area (Å²) in [6.07, 6.45) is -0.610. The molecule has 0 aliphatic rings. The minimum absolute atomic E-state index is 0.0986. The predicted molar refractivity (Wildman–Crippen MR) is 55.5 cm³/mol. The second-order valence-electron chi connectivity index (χ2n) is 3.59. The van der Waals surface area contributed by atoms with Crippen molar-refractivity contribution in [2.45, 2.75) is 32.4 Å². The lowest BCUT2D eigenvalue weighted by atomic mass is 10.0. The Bertz CT molecular complexity index is 175. The van der Waals surface area contributed by atoms with Gasteiger partial charge in [-0.1, -0.05) is 13.8 Å². The van der Waals surface area contributed by atoms with Gasteiger partial charge in [0.15, 0.2) is 0 Å². The second kappa shape index (κ2) is 6.90. The topological polar surface area (TPSA) is 58.6 Å². The number of methoxy groups -OCH3 is 1. The van der Waals surface area contributed by atoms with Crippen LogP contribution in [0.1, 0.15) is 20.3 Å². The highest BCUT2D eigenvalue weighted by Gasteiger charge is 2.21. The molecule has 14 heavy (non-hydrogen) atoms. The first-order valence-electron chi connectivity index (χ1n) is 4.59. The Labute approximate surface area is 89.6 Å². The number of alkyl carbamates (subject to hydrolysis) is 1. The van der Waals surface area contributed by atoms with Gasteiger partial charge in [0.2, 0.25) is 0 Å². The fourth-order valence-corrected chi connectivity index (χ4v) is 1.35. The zero-order chi connectivity index (χ0) is 11.1. The normalized spacial score (nSPS) is 15.0. The molecule has 2 atom stereocenters. The summed E-state index contributed by atoms with van der Waals surface area (Å²) in [5.41, 5.74) is 0. The van der Waals surface area contributed by atoms with E-state index in [0.29, 0.717) is 12.3 Å². The van der Waals surface area contributed by atoms with Gasteiger partial charge in [-0.05, 0) is 12.3 Å². The van der Waals surface area contributed by atoms with E-state index in [-0.39, 0.29) is 11.9 Å². The van der Waals surface area contributed by atoms with Gasteiger partial charge in [-0.2, -0.15) is 0 Å². The fraction of sp³-hybridized carbons (Fsp3) is 0.889. The molecule has 1 amide bonds. The Morgan fingerprint density at radius 1 is 1.57 bits per heavy atom. The molecule has 0 aromatic carbocycles. The number of amides is 1. The monoisotopic (exact) mass is 223 g/mol. The molecule has 0 aromatic rings. The van der Waals surface area contributed by atoms with Gasteiger partial charge < -0.3 is 15.2 Å². The minimum Gasteiger partial charge on any atom is -0.453 e. The van der Waals surface area contributed by atoms with Crippen molar-refractivity contribution in [2.75, 3.05) is 13.0 Å². The molecule has 0 heterocycles. The molecule has 4 nitrogen and oxygen atoms in total. The van der Waals surface area contributed by atoms with Crippen molar-refractivity contribution in [3.63, 3.8) is 0 Å². The Morgan fingerprint density at radius 3 is 2.50 bits per heavy atom. The van der Waals surface area contributed by atoms with Gasteiger partial charge in [-0.3, -0.25) is 0 Å². The predicted octanol–water partition coefficient (Wildman–Crippen LogP) is 1.36. The van der Waals surface area contributed by atoms with Crippen LogP contribution in [-0.2, 0) is 4.74 Å². The number of alkyl halides is 1. The molecule has 84 valence electrons. The maximum atomic E-state index is 10.9. The second-order valence-corrected chi connectivity index (χ2v) is 3.90. The van der Waals surface area contributed by atoms with Gasteiger partial charge in [0, 0.05) is 0 Å². The highest BCUT2D eigenvalue weighted by atomic mass is 35.5. The summed E-state index contributed by atoms with van der Waals surface area (Å²) >= 11 is 5.51.